The smallest absolute Gasteiger partial charge is 0.280 e. The number of fused-ring (bicyclic) bond motifs is 1. The molecule has 4 N–H and O–H groups in total. The number of halogens is 1. The maximum absolute atomic E-state index is 13.9. The number of hydrogen-bond donors (Lipinski definition) is 3. The molecule has 0 amide bonds. The topological polar surface area (TPSA) is 110 Å². The predicted octanol–water partition coefficient (Wildman–Crippen LogP) is 0.161. The lowest BCUT2D eigenvalue weighted by atomic mass is 10.3. The van der Waals surface area contributed by atoms with Gasteiger partial charge in [0.2, 0.25) is 5.95 Å². The Balaban J connectivity index is 2.12. The molecule has 0 bridgehead atoms. The summed E-state index contributed by atoms with van der Waals surface area (Å²) in [6.07, 6.45) is 2.69. The fourth-order valence-electron chi connectivity index (χ4n) is 1.94. The molecule has 0 aromatic carbocycles. The van der Waals surface area contributed by atoms with Crippen LogP contribution in [-0.2, 0) is 0 Å². The Kier molecular flexibility index (Phi) is 2.79. The van der Waals surface area contributed by atoms with Gasteiger partial charge in [0.05, 0.1) is 18.2 Å². The minimum absolute atomic E-state index is 0.0506. The van der Waals surface area contributed by atoms with E-state index in [1.54, 1.807) is 0 Å². The van der Waals surface area contributed by atoms with E-state index in [-0.39, 0.29) is 29.0 Å². The third kappa shape index (κ3) is 1.90. The largest absolute Gasteiger partial charge is 0.395 e. The van der Waals surface area contributed by atoms with Crippen molar-refractivity contribution in [2.45, 2.75) is 10.6 Å². The highest BCUT2D eigenvalue weighted by Gasteiger charge is 2.30. The van der Waals surface area contributed by atoms with Gasteiger partial charge in [-0.1, -0.05) is 0 Å². The number of aromatic nitrogens is 4. The molecule has 100 valence electrons. The van der Waals surface area contributed by atoms with E-state index in [9.17, 15) is 9.18 Å². The van der Waals surface area contributed by atoms with Gasteiger partial charge >= 0.3 is 0 Å². The van der Waals surface area contributed by atoms with Crippen molar-refractivity contribution in [1.29, 1.82) is 0 Å². The lowest BCUT2D eigenvalue weighted by molar-refractivity contribution is 0.307. The molecule has 0 unspecified atom stereocenters. The molecule has 0 aliphatic carbocycles. The number of nitrogens with one attached hydrogen (secondary N) is 1. The second kappa shape index (κ2) is 4.35. The number of nitrogens with zero attached hydrogens (tertiary/aromatic N) is 3. The quantitative estimate of drug-likeness (QED) is 0.724. The van der Waals surface area contributed by atoms with Crippen molar-refractivity contribution in [3.8, 4) is 0 Å². The molecular formula is C10H10FN5O2S. The fraction of sp³-hybridized carbons (Fsp3) is 0.300. The minimum atomic E-state index is -0.684. The van der Waals surface area contributed by atoms with Crippen molar-refractivity contribution < 1.29 is 9.50 Å². The molecule has 0 fully saturated rings. The highest BCUT2D eigenvalue weighted by Crippen LogP contribution is 2.42. The molecule has 3 rings (SSSR count). The van der Waals surface area contributed by atoms with Crippen LogP contribution in [0.3, 0.4) is 0 Å². The van der Waals surface area contributed by atoms with Gasteiger partial charge in [-0.2, -0.15) is 4.98 Å². The van der Waals surface area contributed by atoms with E-state index in [2.05, 4.69) is 15.0 Å². The van der Waals surface area contributed by atoms with Crippen LogP contribution in [-0.4, -0.2) is 36.5 Å². The van der Waals surface area contributed by atoms with Crippen LogP contribution in [0.4, 0.5) is 10.3 Å². The molecule has 2 aromatic rings. The van der Waals surface area contributed by atoms with Crippen LogP contribution in [0.5, 0.6) is 0 Å². The Morgan fingerprint density at radius 2 is 2.42 bits per heavy atom. The van der Waals surface area contributed by atoms with Crippen molar-refractivity contribution in [2.24, 2.45) is 0 Å². The van der Waals surface area contributed by atoms with Crippen LogP contribution in [0, 0.1) is 0 Å². The Morgan fingerprint density at radius 3 is 3.11 bits per heavy atom. The van der Waals surface area contributed by atoms with Gasteiger partial charge in [-0.25, -0.2) is 9.37 Å². The number of H-pyrrole nitrogens is 1. The van der Waals surface area contributed by atoms with Crippen LogP contribution < -0.4 is 11.3 Å². The summed E-state index contributed by atoms with van der Waals surface area (Å²) < 4.78 is 15.3. The molecule has 1 aliphatic rings. The summed E-state index contributed by atoms with van der Waals surface area (Å²) in [5, 5.41) is 8.05. The van der Waals surface area contributed by atoms with Crippen molar-refractivity contribution in [3.05, 3.63) is 28.6 Å². The number of nitrogen functional groups attached to an aromatic ring is 1. The molecule has 3 heterocycles. The summed E-state index contributed by atoms with van der Waals surface area (Å²) in [5.74, 6) is -0.450. The normalized spacial score (nSPS) is 22.9. The fourth-order valence-corrected chi connectivity index (χ4v) is 3.06. The van der Waals surface area contributed by atoms with Gasteiger partial charge < -0.3 is 10.8 Å². The molecule has 0 saturated carbocycles. The predicted molar refractivity (Wildman–Crippen MR) is 69.3 cm³/mol. The molecule has 1 aliphatic heterocycles. The number of thioether (sulfide) groups is 1. The van der Waals surface area contributed by atoms with Crippen LogP contribution in [0.1, 0.15) is 5.37 Å². The number of aromatic amines is 1. The lowest BCUT2D eigenvalue weighted by Gasteiger charge is -2.12. The summed E-state index contributed by atoms with van der Waals surface area (Å²) >= 11 is 1.22. The summed E-state index contributed by atoms with van der Waals surface area (Å²) in [5.41, 5.74) is 5.34. The van der Waals surface area contributed by atoms with E-state index in [4.69, 9.17) is 10.8 Å². The Morgan fingerprint density at radius 1 is 1.63 bits per heavy atom. The van der Waals surface area contributed by atoms with Crippen LogP contribution in [0.2, 0.25) is 0 Å². The van der Waals surface area contributed by atoms with Gasteiger partial charge in [-0.3, -0.25) is 14.3 Å². The molecule has 2 atom stereocenters. The number of aliphatic hydroxyl groups is 1. The second-order valence-corrected chi connectivity index (χ2v) is 5.36. The Bertz CT molecular complexity index is 724. The highest BCUT2D eigenvalue weighted by atomic mass is 32.2. The number of anilines is 1. The number of imidazole rings is 1. The average molecular weight is 283 g/mol. The van der Waals surface area contributed by atoms with E-state index >= 15 is 0 Å². The first-order chi connectivity index (χ1) is 9.10. The SMILES string of the molecule is Nc1nc2c(ncn2[C@H]2S[C@@H](CO)C=C2F)c(=O)[nH]1. The van der Waals surface area contributed by atoms with Crippen molar-refractivity contribution in [3.63, 3.8) is 0 Å². The van der Waals surface area contributed by atoms with Crippen LogP contribution in [0.25, 0.3) is 11.2 Å². The highest BCUT2D eigenvalue weighted by molar-refractivity contribution is 8.00. The van der Waals surface area contributed by atoms with E-state index in [0.29, 0.717) is 0 Å². The standard InChI is InChI=1S/C10H10FN5O2S/c11-5-1-4(2-17)19-9(5)16-3-13-6-7(16)14-10(12)15-8(6)18/h1,3-4,9,17H,2H2,(H3,12,14,15,18)/t4-,9+/m1/s1. The summed E-state index contributed by atoms with van der Waals surface area (Å²) in [6, 6.07) is 0. The minimum Gasteiger partial charge on any atom is -0.395 e. The Hall–Kier alpha value is -1.87. The molecule has 0 spiro atoms. The first-order valence-corrected chi connectivity index (χ1v) is 6.40. The number of nitrogens with two attached hydrogens (primary N) is 1. The monoisotopic (exact) mass is 283 g/mol. The number of aliphatic hydroxyl groups excluding tert-OH is 1. The third-order valence-corrected chi connectivity index (χ3v) is 4.11. The zero-order valence-electron chi connectivity index (χ0n) is 9.58. The molecule has 2 aromatic heterocycles. The molecule has 0 saturated heterocycles. The lowest BCUT2D eigenvalue weighted by Crippen LogP contribution is -2.13. The molecule has 9 heteroatoms. The van der Waals surface area contributed by atoms with Gasteiger partial charge in [-0.05, 0) is 6.08 Å². The maximum atomic E-state index is 13.9. The van der Waals surface area contributed by atoms with Gasteiger partial charge in [-0.15, -0.1) is 11.8 Å². The molecule has 0 radical (unpaired) electrons. The van der Waals surface area contributed by atoms with Gasteiger partial charge in [0.25, 0.3) is 5.56 Å². The van der Waals surface area contributed by atoms with Gasteiger partial charge in [0, 0.05) is 0 Å². The zero-order valence-corrected chi connectivity index (χ0v) is 10.4. The Labute approximate surface area is 110 Å². The van der Waals surface area contributed by atoms with E-state index in [1.165, 1.54) is 28.7 Å². The summed E-state index contributed by atoms with van der Waals surface area (Å²) in [6.45, 7) is -0.155. The van der Waals surface area contributed by atoms with E-state index in [0.717, 1.165) is 0 Å². The van der Waals surface area contributed by atoms with Crippen molar-refractivity contribution in [2.75, 3.05) is 12.3 Å². The number of hydrogen-bond acceptors (Lipinski definition) is 6. The zero-order chi connectivity index (χ0) is 13.6. The molecule has 7 nitrogen and oxygen atoms in total. The van der Waals surface area contributed by atoms with Gasteiger partial charge in [0.15, 0.2) is 11.2 Å². The summed E-state index contributed by atoms with van der Waals surface area (Å²) in [4.78, 5) is 21.9. The van der Waals surface area contributed by atoms with Crippen molar-refractivity contribution in [1.82, 2.24) is 19.5 Å². The first-order valence-electron chi connectivity index (χ1n) is 5.46. The van der Waals surface area contributed by atoms with Gasteiger partial charge in [0.1, 0.15) is 11.2 Å². The first kappa shape index (κ1) is 12.2. The molecular weight excluding hydrogens is 273 g/mol. The van der Waals surface area contributed by atoms with Crippen molar-refractivity contribution >= 4 is 28.9 Å². The maximum Gasteiger partial charge on any atom is 0.280 e. The second-order valence-electron chi connectivity index (χ2n) is 4.04. The van der Waals surface area contributed by atoms with E-state index < -0.39 is 16.8 Å². The van der Waals surface area contributed by atoms with Crippen LogP contribution >= 0.6 is 11.8 Å². The molecule has 19 heavy (non-hydrogen) atoms. The summed E-state index contributed by atoms with van der Waals surface area (Å²) in [7, 11) is 0. The van der Waals surface area contributed by atoms with Crippen LogP contribution in [0.15, 0.2) is 23.0 Å². The number of rotatable bonds is 2. The third-order valence-electron chi connectivity index (χ3n) is 2.77. The average Bonchev–Trinajstić information content (AvgIpc) is 2.92. The van der Waals surface area contributed by atoms with E-state index in [1.807, 2.05) is 0 Å².